The minimum Gasteiger partial charge on any atom is -0.465 e. The molecule has 8 nitrogen and oxygen atoms in total. The summed E-state index contributed by atoms with van der Waals surface area (Å²) in [6.07, 6.45) is 4.69. The minimum atomic E-state index is -0.801. The third-order valence-corrected chi connectivity index (χ3v) is 9.16. The van der Waals surface area contributed by atoms with Crippen LogP contribution < -0.4 is 15.5 Å². The second-order valence-corrected chi connectivity index (χ2v) is 12.1. The van der Waals surface area contributed by atoms with E-state index in [4.69, 9.17) is 47.8 Å². The molecule has 8 atom stereocenters. The predicted octanol–water partition coefficient (Wildman–Crippen LogP) is 6.25. The fraction of sp³-hybridized carbons (Fsp3) is 0.517. The highest BCUT2D eigenvalue weighted by Gasteiger charge is 2.69. The Morgan fingerprint density at radius 2 is 1.82 bits per heavy atom. The molecule has 10 heteroatoms. The van der Waals surface area contributed by atoms with Gasteiger partial charge in [0.05, 0.1) is 6.21 Å². The van der Waals surface area contributed by atoms with Gasteiger partial charge in [0, 0.05) is 29.0 Å². The second kappa shape index (κ2) is 10.6. The van der Waals surface area contributed by atoms with Crippen molar-refractivity contribution in [3.8, 4) is 5.75 Å². The van der Waals surface area contributed by atoms with Gasteiger partial charge in [-0.3, -0.25) is 5.43 Å². The number of hydrogen-bond donors (Lipinski definition) is 2. The molecule has 1 aliphatic carbocycles. The van der Waals surface area contributed by atoms with Gasteiger partial charge < -0.3 is 19.5 Å². The Bertz CT molecular complexity index is 1230. The quantitative estimate of drug-likeness (QED) is 0.189. The van der Waals surface area contributed by atoms with Gasteiger partial charge >= 0.3 is 0 Å². The van der Waals surface area contributed by atoms with Crippen LogP contribution in [0, 0.1) is 23.7 Å². The van der Waals surface area contributed by atoms with E-state index >= 15 is 0 Å². The molecule has 0 radical (unpaired) electrons. The summed E-state index contributed by atoms with van der Waals surface area (Å²) >= 11 is 11.2. The average Bonchev–Trinajstić information content (AvgIpc) is 3.15. The van der Waals surface area contributed by atoms with Gasteiger partial charge in [0.25, 0.3) is 0 Å². The van der Waals surface area contributed by atoms with E-state index in [0.29, 0.717) is 22.0 Å². The third-order valence-electron chi connectivity index (χ3n) is 8.71. The lowest BCUT2D eigenvalue weighted by molar-refractivity contribution is -0.575. The second-order valence-electron chi connectivity index (χ2n) is 11.3. The first-order valence-corrected chi connectivity index (χ1v) is 14.4. The molecule has 2 aromatic rings. The van der Waals surface area contributed by atoms with Gasteiger partial charge in [-0.1, -0.05) is 25.4 Å². The maximum Gasteiger partial charge on any atom is 0.205 e. The number of benzene rings is 2. The Balaban J connectivity index is 1.09. The summed E-state index contributed by atoms with van der Waals surface area (Å²) in [5.74, 6) is 1.09. The SMILES string of the molecule is C[C@H]1[C@@H](Oc2ccc(/C=N/NC(=S)Nc3ccc(Cl)cc3)cc2)OC2O[C@]3(C)CC[C@H]4[C@H](C)CC[C@@H]1[C@@]24OO3. The van der Waals surface area contributed by atoms with Crippen LogP contribution in [0.5, 0.6) is 5.75 Å². The van der Waals surface area contributed by atoms with E-state index in [1.165, 1.54) is 0 Å². The molecule has 0 aromatic heterocycles. The fourth-order valence-electron chi connectivity index (χ4n) is 6.63. The monoisotopic (exact) mass is 571 g/mol. The Morgan fingerprint density at radius 1 is 1.05 bits per heavy atom. The number of fused-ring (bicyclic) bond motifs is 2. The van der Waals surface area contributed by atoms with Crippen LogP contribution in [-0.2, 0) is 19.2 Å². The van der Waals surface area contributed by atoms with Crippen LogP contribution in [-0.4, -0.2) is 35.3 Å². The predicted molar refractivity (Wildman–Crippen MR) is 152 cm³/mol. The summed E-state index contributed by atoms with van der Waals surface area (Å²) < 4.78 is 19.3. The minimum absolute atomic E-state index is 0.102. The van der Waals surface area contributed by atoms with E-state index in [0.717, 1.165) is 42.7 Å². The molecule has 1 spiro atoms. The molecular weight excluding hydrogens is 538 g/mol. The maximum atomic E-state index is 6.52. The van der Waals surface area contributed by atoms with Gasteiger partial charge in [0.2, 0.25) is 12.1 Å². The fourth-order valence-corrected chi connectivity index (χ4v) is 6.93. The van der Waals surface area contributed by atoms with Crippen LogP contribution in [0.1, 0.15) is 52.0 Å². The molecular formula is C29H34ClN3O5S. The molecule has 5 aliphatic rings. The molecule has 5 fully saturated rings. The number of thiocarbonyl (C=S) groups is 1. The van der Waals surface area contributed by atoms with Crippen LogP contribution in [0.15, 0.2) is 53.6 Å². The molecule has 39 heavy (non-hydrogen) atoms. The van der Waals surface area contributed by atoms with E-state index in [1.54, 1.807) is 18.3 Å². The zero-order chi connectivity index (χ0) is 27.2. The lowest BCUT2D eigenvalue weighted by atomic mass is 9.58. The Kier molecular flexibility index (Phi) is 7.33. The van der Waals surface area contributed by atoms with E-state index in [2.05, 4.69) is 29.7 Å². The zero-order valence-electron chi connectivity index (χ0n) is 22.3. The highest BCUT2D eigenvalue weighted by Crippen LogP contribution is 2.60. The summed E-state index contributed by atoms with van der Waals surface area (Å²) in [5.41, 5.74) is 3.95. The molecule has 4 aliphatic heterocycles. The van der Waals surface area contributed by atoms with Crippen molar-refractivity contribution in [1.82, 2.24) is 5.43 Å². The largest absolute Gasteiger partial charge is 0.465 e. The van der Waals surface area contributed by atoms with Gasteiger partial charge in [0.1, 0.15) is 5.75 Å². The number of nitrogens with one attached hydrogen (secondary N) is 2. The van der Waals surface area contributed by atoms with E-state index in [1.807, 2.05) is 43.3 Å². The number of halogens is 1. The summed E-state index contributed by atoms with van der Waals surface area (Å²) in [6, 6.07) is 15.0. The first-order valence-electron chi connectivity index (χ1n) is 13.6. The van der Waals surface area contributed by atoms with Crippen molar-refractivity contribution in [2.24, 2.45) is 28.8 Å². The van der Waals surface area contributed by atoms with Crippen molar-refractivity contribution in [3.05, 3.63) is 59.1 Å². The lowest BCUT2D eigenvalue weighted by Gasteiger charge is -2.60. The van der Waals surface area contributed by atoms with Crippen LogP contribution in [0.25, 0.3) is 0 Å². The molecule has 1 saturated carbocycles. The first kappa shape index (κ1) is 26.9. The first-order chi connectivity index (χ1) is 18.8. The summed E-state index contributed by atoms with van der Waals surface area (Å²) in [7, 11) is 0. The topological polar surface area (TPSA) is 82.6 Å². The Morgan fingerprint density at radius 3 is 2.59 bits per heavy atom. The highest BCUT2D eigenvalue weighted by atomic mass is 35.5. The van der Waals surface area contributed by atoms with E-state index in [-0.39, 0.29) is 11.8 Å². The van der Waals surface area contributed by atoms with Crippen molar-refractivity contribution in [2.75, 3.05) is 5.32 Å². The summed E-state index contributed by atoms with van der Waals surface area (Å²) in [4.78, 5) is 12.1. The Labute approximate surface area is 239 Å². The normalized spacial score (nSPS) is 37.1. The highest BCUT2D eigenvalue weighted by molar-refractivity contribution is 7.80. The number of hydrazone groups is 1. The average molecular weight is 572 g/mol. The molecule has 4 saturated heterocycles. The number of ether oxygens (including phenoxy) is 3. The molecule has 0 amide bonds. The van der Waals surface area contributed by atoms with Gasteiger partial charge in [-0.05, 0) is 104 Å². The Hall–Kier alpha value is -2.27. The number of nitrogens with zero attached hydrogens (tertiary/aromatic N) is 1. The maximum absolute atomic E-state index is 6.52. The summed E-state index contributed by atoms with van der Waals surface area (Å²) in [5, 5.41) is 8.32. The van der Waals surface area contributed by atoms with Gasteiger partial charge in [-0.15, -0.1) is 0 Å². The smallest absolute Gasteiger partial charge is 0.205 e. The van der Waals surface area contributed by atoms with Crippen molar-refractivity contribution >= 4 is 40.8 Å². The van der Waals surface area contributed by atoms with E-state index in [9.17, 15) is 0 Å². The van der Waals surface area contributed by atoms with Crippen LogP contribution in [0.2, 0.25) is 5.02 Å². The molecule has 208 valence electrons. The van der Waals surface area contributed by atoms with Crippen molar-refractivity contribution in [2.45, 2.75) is 70.4 Å². The standard InChI is InChI=1S/C29H34ClN3O5S/c1-17-4-13-24-18(2)25(35-26-29(24)23(17)14-15-28(3,36-26)37-38-29)34-22-11-5-19(6-12-22)16-31-33-27(39)32-21-9-7-20(30)8-10-21/h5-12,16-18,23-26H,4,13-15H2,1-3H3,(H2,32,33,39)/b31-16+/t17-,18-,23+,24+,25+,26?,28+,29-/m1/s1. The van der Waals surface area contributed by atoms with E-state index < -0.39 is 24.0 Å². The van der Waals surface area contributed by atoms with Crippen LogP contribution in [0.3, 0.4) is 0 Å². The van der Waals surface area contributed by atoms with Crippen LogP contribution >= 0.6 is 23.8 Å². The molecule has 2 aromatic carbocycles. The molecule has 7 rings (SSSR count). The number of rotatable bonds is 5. The van der Waals surface area contributed by atoms with Crippen molar-refractivity contribution < 1.29 is 24.0 Å². The summed E-state index contributed by atoms with van der Waals surface area (Å²) in [6.45, 7) is 6.43. The molecule has 2 bridgehead atoms. The van der Waals surface area contributed by atoms with Crippen molar-refractivity contribution in [1.29, 1.82) is 0 Å². The van der Waals surface area contributed by atoms with Gasteiger partial charge in [-0.2, -0.15) is 5.10 Å². The number of anilines is 1. The van der Waals surface area contributed by atoms with Gasteiger partial charge in [-0.25, -0.2) is 9.78 Å². The molecule has 1 unspecified atom stereocenters. The molecule has 2 N–H and O–H groups in total. The van der Waals surface area contributed by atoms with Crippen molar-refractivity contribution in [3.63, 3.8) is 0 Å². The molecule has 4 heterocycles. The third kappa shape index (κ3) is 5.16. The lowest BCUT2D eigenvalue weighted by Crippen LogP contribution is -2.70. The van der Waals surface area contributed by atoms with Gasteiger partial charge in [0.15, 0.2) is 17.0 Å². The zero-order valence-corrected chi connectivity index (χ0v) is 23.8. The van der Waals surface area contributed by atoms with Crippen LogP contribution in [0.4, 0.5) is 5.69 Å². The number of hydrogen-bond acceptors (Lipinski definition) is 7.